The number of benzene rings is 2. The number of Topliss-reactive ketones (excluding diaryl/α,β-unsaturated/α-hetero) is 1. The van der Waals surface area contributed by atoms with Crippen LogP contribution < -0.4 is 9.04 Å². The summed E-state index contributed by atoms with van der Waals surface area (Å²) in [5.41, 5.74) is 2.82. The van der Waals surface area contributed by atoms with Gasteiger partial charge >= 0.3 is 0 Å². The van der Waals surface area contributed by atoms with Gasteiger partial charge in [-0.3, -0.25) is 9.10 Å². The minimum absolute atomic E-state index is 0.119. The van der Waals surface area contributed by atoms with Crippen LogP contribution in [0.15, 0.2) is 41.3 Å². The summed E-state index contributed by atoms with van der Waals surface area (Å²) >= 11 is 0. The van der Waals surface area contributed by atoms with E-state index in [1.165, 1.54) is 11.2 Å². The molecule has 0 N–H and O–H groups in total. The van der Waals surface area contributed by atoms with Crippen LogP contribution in [-0.4, -0.2) is 27.4 Å². The van der Waals surface area contributed by atoms with Crippen LogP contribution in [0.4, 0.5) is 5.69 Å². The first-order chi connectivity index (χ1) is 11.3. The van der Waals surface area contributed by atoms with Crippen molar-refractivity contribution in [1.29, 1.82) is 0 Å². The SMILES string of the molecule is CC(=O)c1ccc2c(c1)N(S(=O)(=O)c1ccc(C)c(C)c1)CCO2. The first-order valence-corrected chi connectivity index (χ1v) is 9.12. The molecule has 0 unspecified atom stereocenters. The van der Waals surface area contributed by atoms with E-state index in [9.17, 15) is 13.2 Å². The second-order valence-electron chi connectivity index (χ2n) is 5.91. The zero-order valence-electron chi connectivity index (χ0n) is 13.9. The molecule has 0 saturated heterocycles. The molecule has 0 amide bonds. The summed E-state index contributed by atoms with van der Waals surface area (Å²) in [6, 6.07) is 9.96. The van der Waals surface area contributed by atoms with Gasteiger partial charge in [0, 0.05) is 5.56 Å². The topological polar surface area (TPSA) is 63.7 Å². The Bertz CT molecular complexity index is 919. The van der Waals surface area contributed by atoms with Crippen molar-refractivity contribution in [2.45, 2.75) is 25.7 Å². The minimum atomic E-state index is -3.72. The predicted octanol–water partition coefficient (Wildman–Crippen LogP) is 3.09. The molecule has 3 rings (SSSR count). The molecule has 2 aromatic rings. The number of ketones is 1. The second kappa shape index (κ2) is 5.94. The number of aryl methyl sites for hydroxylation is 2. The number of carbonyl (C=O) groups is 1. The first-order valence-electron chi connectivity index (χ1n) is 7.68. The van der Waals surface area contributed by atoms with E-state index in [0.29, 0.717) is 17.0 Å². The lowest BCUT2D eigenvalue weighted by Gasteiger charge is -2.31. The van der Waals surface area contributed by atoms with Crippen LogP contribution in [0.2, 0.25) is 0 Å². The number of hydrogen-bond acceptors (Lipinski definition) is 4. The van der Waals surface area contributed by atoms with Gasteiger partial charge in [-0.05, 0) is 62.2 Å². The van der Waals surface area contributed by atoms with Gasteiger partial charge in [-0.2, -0.15) is 0 Å². The second-order valence-corrected chi connectivity index (χ2v) is 7.77. The molecule has 0 radical (unpaired) electrons. The molecule has 0 atom stereocenters. The van der Waals surface area contributed by atoms with E-state index in [-0.39, 0.29) is 23.8 Å². The lowest BCUT2D eigenvalue weighted by atomic mass is 10.1. The normalized spacial score (nSPS) is 14.0. The minimum Gasteiger partial charge on any atom is -0.489 e. The molecule has 24 heavy (non-hydrogen) atoms. The highest BCUT2D eigenvalue weighted by atomic mass is 32.2. The van der Waals surface area contributed by atoms with Gasteiger partial charge in [0.05, 0.1) is 17.1 Å². The number of anilines is 1. The fourth-order valence-corrected chi connectivity index (χ4v) is 4.20. The number of rotatable bonds is 3. The molecule has 5 nitrogen and oxygen atoms in total. The van der Waals surface area contributed by atoms with E-state index < -0.39 is 10.0 Å². The van der Waals surface area contributed by atoms with Gasteiger partial charge in [-0.1, -0.05) is 6.07 Å². The van der Waals surface area contributed by atoms with Crippen molar-refractivity contribution in [3.63, 3.8) is 0 Å². The molecule has 0 spiro atoms. The molecule has 1 aliphatic heterocycles. The third-order valence-electron chi connectivity index (χ3n) is 4.25. The Morgan fingerprint density at radius 1 is 1.08 bits per heavy atom. The number of sulfonamides is 1. The average Bonchev–Trinajstić information content (AvgIpc) is 2.56. The summed E-state index contributed by atoms with van der Waals surface area (Å²) in [6.45, 7) is 5.76. The summed E-state index contributed by atoms with van der Waals surface area (Å²) in [5.74, 6) is 0.352. The lowest BCUT2D eigenvalue weighted by molar-refractivity contribution is 0.101. The number of ether oxygens (including phenoxy) is 1. The molecular formula is C18H19NO4S. The van der Waals surface area contributed by atoms with Crippen LogP contribution in [0, 0.1) is 13.8 Å². The summed E-state index contributed by atoms with van der Waals surface area (Å²) in [6.07, 6.45) is 0. The molecule has 0 bridgehead atoms. The Hall–Kier alpha value is -2.34. The van der Waals surface area contributed by atoms with Crippen molar-refractivity contribution >= 4 is 21.5 Å². The van der Waals surface area contributed by atoms with Crippen molar-refractivity contribution in [1.82, 2.24) is 0 Å². The standard InChI is InChI=1S/C18H19NO4S/c1-12-4-6-16(10-13(12)2)24(21,22)19-8-9-23-18-7-5-15(14(3)20)11-17(18)19/h4-7,10-11H,8-9H2,1-3H3. The molecular weight excluding hydrogens is 326 g/mol. The van der Waals surface area contributed by atoms with Crippen LogP contribution in [-0.2, 0) is 10.0 Å². The molecule has 6 heteroatoms. The fourth-order valence-electron chi connectivity index (χ4n) is 2.66. The molecule has 1 heterocycles. The van der Waals surface area contributed by atoms with E-state index in [2.05, 4.69) is 0 Å². The molecule has 0 saturated carbocycles. The Labute approximate surface area is 141 Å². The Morgan fingerprint density at radius 3 is 2.50 bits per heavy atom. The van der Waals surface area contributed by atoms with E-state index in [4.69, 9.17) is 4.74 Å². The molecule has 0 aromatic heterocycles. The van der Waals surface area contributed by atoms with Crippen molar-refractivity contribution in [2.24, 2.45) is 0 Å². The van der Waals surface area contributed by atoms with Gasteiger partial charge in [0.1, 0.15) is 12.4 Å². The van der Waals surface area contributed by atoms with Gasteiger partial charge in [0.25, 0.3) is 10.0 Å². The molecule has 2 aromatic carbocycles. The third-order valence-corrected chi connectivity index (χ3v) is 6.06. The molecule has 0 fully saturated rings. The highest BCUT2D eigenvalue weighted by molar-refractivity contribution is 7.92. The van der Waals surface area contributed by atoms with Crippen molar-refractivity contribution in [2.75, 3.05) is 17.5 Å². The van der Waals surface area contributed by atoms with E-state index in [1.807, 2.05) is 13.8 Å². The maximum atomic E-state index is 13.1. The molecule has 1 aliphatic rings. The highest BCUT2D eigenvalue weighted by Gasteiger charge is 2.30. The number of hydrogen-bond donors (Lipinski definition) is 0. The Balaban J connectivity index is 2.12. The number of nitrogens with zero attached hydrogens (tertiary/aromatic N) is 1. The zero-order chi connectivity index (χ0) is 17.5. The largest absolute Gasteiger partial charge is 0.489 e. The third kappa shape index (κ3) is 2.78. The smallest absolute Gasteiger partial charge is 0.264 e. The van der Waals surface area contributed by atoms with Gasteiger partial charge < -0.3 is 4.74 Å². The Morgan fingerprint density at radius 2 is 1.83 bits per heavy atom. The maximum Gasteiger partial charge on any atom is 0.264 e. The van der Waals surface area contributed by atoms with E-state index in [1.54, 1.807) is 36.4 Å². The number of fused-ring (bicyclic) bond motifs is 1. The predicted molar refractivity (Wildman–Crippen MR) is 92.4 cm³/mol. The fraction of sp³-hybridized carbons (Fsp3) is 0.278. The maximum absolute atomic E-state index is 13.1. The lowest BCUT2D eigenvalue weighted by Crippen LogP contribution is -2.38. The zero-order valence-corrected chi connectivity index (χ0v) is 14.7. The average molecular weight is 345 g/mol. The monoisotopic (exact) mass is 345 g/mol. The quantitative estimate of drug-likeness (QED) is 0.802. The van der Waals surface area contributed by atoms with Crippen LogP contribution in [0.1, 0.15) is 28.4 Å². The summed E-state index contributed by atoms with van der Waals surface area (Å²) in [5, 5.41) is 0. The van der Waals surface area contributed by atoms with Gasteiger partial charge in [-0.25, -0.2) is 8.42 Å². The first kappa shape index (κ1) is 16.5. The highest BCUT2D eigenvalue weighted by Crippen LogP contribution is 2.36. The van der Waals surface area contributed by atoms with Crippen LogP contribution in [0.25, 0.3) is 0 Å². The molecule has 0 aliphatic carbocycles. The van der Waals surface area contributed by atoms with Crippen LogP contribution in [0.3, 0.4) is 0 Å². The van der Waals surface area contributed by atoms with Gasteiger partial charge in [0.2, 0.25) is 0 Å². The number of carbonyl (C=O) groups excluding carboxylic acids is 1. The van der Waals surface area contributed by atoms with E-state index in [0.717, 1.165) is 11.1 Å². The van der Waals surface area contributed by atoms with Gasteiger partial charge in [-0.15, -0.1) is 0 Å². The van der Waals surface area contributed by atoms with Crippen LogP contribution in [0.5, 0.6) is 5.75 Å². The Kier molecular flexibility index (Phi) is 4.09. The molecule has 126 valence electrons. The van der Waals surface area contributed by atoms with Gasteiger partial charge in [0.15, 0.2) is 5.78 Å². The summed E-state index contributed by atoms with van der Waals surface area (Å²) in [4.78, 5) is 11.9. The van der Waals surface area contributed by atoms with Crippen molar-refractivity contribution in [3.05, 3.63) is 53.1 Å². The summed E-state index contributed by atoms with van der Waals surface area (Å²) in [7, 11) is -3.72. The summed E-state index contributed by atoms with van der Waals surface area (Å²) < 4.78 is 33.0. The van der Waals surface area contributed by atoms with E-state index >= 15 is 0 Å². The van der Waals surface area contributed by atoms with Crippen molar-refractivity contribution < 1.29 is 17.9 Å². The van der Waals surface area contributed by atoms with Crippen LogP contribution >= 0.6 is 0 Å². The van der Waals surface area contributed by atoms with Crippen molar-refractivity contribution in [3.8, 4) is 5.75 Å².